The van der Waals surface area contributed by atoms with E-state index >= 15 is 0 Å². The number of nitrogens with zero attached hydrogens (tertiary/aromatic N) is 1. The van der Waals surface area contributed by atoms with Gasteiger partial charge in [0, 0.05) is 11.5 Å². The number of rotatable bonds is 2. The van der Waals surface area contributed by atoms with E-state index in [1.165, 1.54) is 6.26 Å². The van der Waals surface area contributed by atoms with E-state index < -0.39 is 5.63 Å². The van der Waals surface area contributed by atoms with Gasteiger partial charge < -0.3 is 8.83 Å². The maximum Gasteiger partial charge on any atom is 0.345 e. The summed E-state index contributed by atoms with van der Waals surface area (Å²) in [6.07, 6.45) is 1.54. The quantitative estimate of drug-likeness (QED) is 0.518. The summed E-state index contributed by atoms with van der Waals surface area (Å²) in [5.74, 6) is 0.463. The van der Waals surface area contributed by atoms with E-state index in [2.05, 4.69) is 4.99 Å². The third-order valence-corrected chi connectivity index (χ3v) is 2.82. The Morgan fingerprint density at radius 3 is 2.79 bits per heavy atom. The van der Waals surface area contributed by atoms with Crippen molar-refractivity contribution in [2.24, 2.45) is 4.99 Å². The van der Waals surface area contributed by atoms with Crippen LogP contribution in [0.25, 0.3) is 11.0 Å². The van der Waals surface area contributed by atoms with E-state index in [-0.39, 0.29) is 0 Å². The highest BCUT2D eigenvalue weighted by Gasteiger charge is 2.08. The minimum Gasteiger partial charge on any atom is -0.447 e. The average Bonchev–Trinajstić information content (AvgIpc) is 2.90. The van der Waals surface area contributed by atoms with Gasteiger partial charge in [0.05, 0.1) is 17.5 Å². The van der Waals surface area contributed by atoms with Gasteiger partial charge in [-0.05, 0) is 25.1 Å². The third-order valence-electron chi connectivity index (χ3n) is 2.82. The van der Waals surface area contributed by atoms with E-state index in [0.717, 1.165) is 5.39 Å². The molecule has 4 heteroatoms. The molecule has 0 saturated carbocycles. The molecule has 0 radical (unpaired) electrons. The highest BCUT2D eigenvalue weighted by molar-refractivity contribution is 6.01. The largest absolute Gasteiger partial charge is 0.447 e. The van der Waals surface area contributed by atoms with Crippen LogP contribution in [0, 0.1) is 0 Å². The van der Waals surface area contributed by atoms with Crippen molar-refractivity contribution in [3.63, 3.8) is 0 Å². The lowest BCUT2D eigenvalue weighted by molar-refractivity contribution is 0.559. The van der Waals surface area contributed by atoms with Gasteiger partial charge >= 0.3 is 5.63 Å². The van der Waals surface area contributed by atoms with Crippen LogP contribution in [0.1, 0.15) is 12.5 Å². The van der Waals surface area contributed by atoms with Gasteiger partial charge in [0.2, 0.25) is 5.88 Å². The lowest BCUT2D eigenvalue weighted by atomic mass is 10.1. The molecular weight excluding hydrogens is 242 g/mol. The van der Waals surface area contributed by atoms with Crippen molar-refractivity contribution in [2.75, 3.05) is 0 Å². The van der Waals surface area contributed by atoms with Gasteiger partial charge in [-0.2, -0.15) is 0 Å². The fourth-order valence-corrected chi connectivity index (χ4v) is 1.87. The number of fused-ring (bicyclic) bond motifs is 1. The molecule has 3 aromatic rings. The van der Waals surface area contributed by atoms with Crippen LogP contribution in [0.3, 0.4) is 0 Å². The van der Waals surface area contributed by atoms with Gasteiger partial charge in [0.15, 0.2) is 0 Å². The number of para-hydroxylation sites is 1. The van der Waals surface area contributed by atoms with Crippen LogP contribution in [-0.4, -0.2) is 5.71 Å². The fraction of sp³-hybridized carbons (Fsp3) is 0.0667. The Hall–Kier alpha value is -2.62. The van der Waals surface area contributed by atoms with Gasteiger partial charge in [0.1, 0.15) is 5.58 Å². The van der Waals surface area contributed by atoms with Gasteiger partial charge in [-0.1, -0.05) is 18.2 Å². The molecule has 0 unspecified atom stereocenters. The molecule has 0 amide bonds. The summed E-state index contributed by atoms with van der Waals surface area (Å²) in [7, 11) is 0. The molecule has 0 aliphatic heterocycles. The maximum atomic E-state index is 11.9. The fourth-order valence-electron chi connectivity index (χ4n) is 1.87. The number of aliphatic imine (C=N–C) groups is 1. The summed E-state index contributed by atoms with van der Waals surface area (Å²) in [6.45, 7) is 1.75. The van der Waals surface area contributed by atoms with Crippen LogP contribution in [0.15, 0.2) is 67.3 Å². The number of furan rings is 1. The summed E-state index contributed by atoms with van der Waals surface area (Å²) >= 11 is 0. The van der Waals surface area contributed by atoms with E-state index in [1.807, 2.05) is 18.2 Å². The second-order valence-corrected chi connectivity index (χ2v) is 4.13. The molecule has 3 rings (SSSR count). The van der Waals surface area contributed by atoms with E-state index in [9.17, 15) is 4.79 Å². The first-order valence-corrected chi connectivity index (χ1v) is 5.86. The lowest BCUT2D eigenvalue weighted by Gasteiger charge is -2.01. The van der Waals surface area contributed by atoms with Crippen molar-refractivity contribution in [3.8, 4) is 0 Å². The van der Waals surface area contributed by atoms with Crippen LogP contribution in [0.5, 0.6) is 0 Å². The Morgan fingerprint density at radius 2 is 2.00 bits per heavy atom. The second kappa shape index (κ2) is 4.57. The van der Waals surface area contributed by atoms with E-state index in [0.29, 0.717) is 22.7 Å². The normalized spacial score (nSPS) is 11.9. The number of hydrogen-bond acceptors (Lipinski definition) is 4. The Balaban J connectivity index is 2.15. The molecule has 2 aromatic heterocycles. The smallest absolute Gasteiger partial charge is 0.345 e. The highest BCUT2D eigenvalue weighted by atomic mass is 16.4. The number of benzene rings is 1. The van der Waals surface area contributed by atoms with Crippen LogP contribution in [0.2, 0.25) is 0 Å². The minimum absolute atomic E-state index is 0.397. The Labute approximate surface area is 109 Å². The topological polar surface area (TPSA) is 55.7 Å². The molecule has 0 saturated heterocycles. The molecule has 4 nitrogen and oxygen atoms in total. The van der Waals surface area contributed by atoms with Crippen molar-refractivity contribution in [2.45, 2.75) is 6.92 Å². The molecule has 94 valence electrons. The lowest BCUT2D eigenvalue weighted by Crippen LogP contribution is -2.11. The van der Waals surface area contributed by atoms with E-state index in [4.69, 9.17) is 8.83 Å². The predicted octanol–water partition coefficient (Wildman–Crippen LogP) is 3.53. The van der Waals surface area contributed by atoms with Gasteiger partial charge in [-0.3, -0.25) is 0 Å². The molecule has 0 spiro atoms. The average molecular weight is 253 g/mol. The first kappa shape index (κ1) is 11.5. The first-order valence-electron chi connectivity index (χ1n) is 5.86. The molecular formula is C15H11NO3. The van der Waals surface area contributed by atoms with Crippen molar-refractivity contribution < 1.29 is 8.83 Å². The molecule has 0 N–H and O–H groups in total. The Morgan fingerprint density at radius 1 is 1.16 bits per heavy atom. The molecule has 19 heavy (non-hydrogen) atoms. The first-order chi connectivity index (χ1) is 9.24. The zero-order valence-electron chi connectivity index (χ0n) is 10.3. The van der Waals surface area contributed by atoms with Crippen molar-refractivity contribution in [1.29, 1.82) is 0 Å². The van der Waals surface area contributed by atoms with Crippen LogP contribution < -0.4 is 5.63 Å². The highest BCUT2D eigenvalue weighted by Crippen LogP contribution is 2.16. The minimum atomic E-state index is -0.397. The molecule has 0 bridgehead atoms. The third kappa shape index (κ3) is 2.20. The molecule has 2 heterocycles. The van der Waals surface area contributed by atoms with Crippen molar-refractivity contribution in [3.05, 3.63) is 64.7 Å². The summed E-state index contributed by atoms with van der Waals surface area (Å²) in [5.41, 5.74) is 1.18. The molecule has 0 aliphatic rings. The zero-order chi connectivity index (χ0) is 13.2. The second-order valence-electron chi connectivity index (χ2n) is 4.13. The van der Waals surface area contributed by atoms with Crippen LogP contribution >= 0.6 is 0 Å². The predicted molar refractivity (Wildman–Crippen MR) is 73.1 cm³/mol. The molecule has 0 atom stereocenters. The number of hydrogen-bond donors (Lipinski definition) is 0. The monoisotopic (exact) mass is 253 g/mol. The molecule has 1 aromatic carbocycles. The van der Waals surface area contributed by atoms with Crippen molar-refractivity contribution >= 4 is 22.6 Å². The van der Waals surface area contributed by atoms with E-state index in [1.54, 1.807) is 31.2 Å². The summed E-state index contributed by atoms with van der Waals surface area (Å²) in [6, 6.07) is 12.6. The summed E-state index contributed by atoms with van der Waals surface area (Å²) in [4.78, 5) is 16.2. The zero-order valence-corrected chi connectivity index (χ0v) is 10.3. The standard InChI is InChI=1S/C15H11NO3/c1-10(16-14-7-4-8-18-14)12-9-11-5-2-3-6-13(11)19-15(12)17/h2-9H,1H3. The summed E-state index contributed by atoms with van der Waals surface area (Å²) in [5, 5.41) is 0.867. The SMILES string of the molecule is CC(=Nc1ccco1)c1cc2ccccc2oc1=O. The van der Waals surface area contributed by atoms with Crippen molar-refractivity contribution in [1.82, 2.24) is 0 Å². The molecule has 0 fully saturated rings. The Bertz CT molecular complexity index is 798. The van der Waals surface area contributed by atoms with Gasteiger partial charge in [0.25, 0.3) is 0 Å². The van der Waals surface area contributed by atoms with Gasteiger partial charge in [-0.25, -0.2) is 9.79 Å². The van der Waals surface area contributed by atoms with Crippen LogP contribution in [0.4, 0.5) is 5.88 Å². The molecule has 0 aliphatic carbocycles. The Kier molecular flexibility index (Phi) is 2.76. The summed E-state index contributed by atoms with van der Waals surface area (Å²) < 4.78 is 10.4. The maximum absolute atomic E-state index is 11.9. The van der Waals surface area contributed by atoms with Gasteiger partial charge in [-0.15, -0.1) is 0 Å². The van der Waals surface area contributed by atoms with Crippen LogP contribution in [-0.2, 0) is 0 Å².